The van der Waals surface area contributed by atoms with E-state index in [-0.39, 0.29) is 11.2 Å². The highest BCUT2D eigenvalue weighted by Crippen LogP contribution is 2.22. The fourth-order valence-electron chi connectivity index (χ4n) is 1.53. The number of Topliss-reactive ketones (excluding diaryl/α,β-unsaturated/α-hetero) is 1. The number of halogens is 1. The molecule has 0 saturated carbocycles. The molecular formula is C14H19ClO2. The summed E-state index contributed by atoms with van der Waals surface area (Å²) in [4.78, 5) is 11.9. The van der Waals surface area contributed by atoms with Gasteiger partial charge >= 0.3 is 0 Å². The van der Waals surface area contributed by atoms with Crippen molar-refractivity contribution in [2.45, 2.75) is 32.6 Å². The van der Waals surface area contributed by atoms with E-state index in [1.54, 1.807) is 7.11 Å². The number of carbonyl (C=O) groups is 1. The Hall–Kier alpha value is -1.02. The molecule has 3 heteroatoms. The fraction of sp³-hybridized carbons (Fsp3) is 0.500. The van der Waals surface area contributed by atoms with Crippen LogP contribution in [0.1, 0.15) is 26.3 Å². The van der Waals surface area contributed by atoms with Crippen molar-refractivity contribution in [3.8, 4) is 5.75 Å². The fourth-order valence-corrected chi connectivity index (χ4v) is 2.04. The third kappa shape index (κ3) is 4.04. The Bertz CT molecular complexity index is 376. The molecule has 0 fully saturated rings. The summed E-state index contributed by atoms with van der Waals surface area (Å²) in [5.74, 6) is 0.886. The zero-order valence-corrected chi connectivity index (χ0v) is 11.5. The molecule has 1 aromatic carbocycles. The number of benzene rings is 1. The van der Waals surface area contributed by atoms with Gasteiger partial charge in [-0.2, -0.15) is 0 Å². The van der Waals surface area contributed by atoms with Crippen LogP contribution >= 0.6 is 11.6 Å². The Balaban J connectivity index is 2.68. The van der Waals surface area contributed by atoms with E-state index in [1.165, 1.54) is 0 Å². The average Bonchev–Trinajstić information content (AvgIpc) is 2.27. The molecule has 0 heterocycles. The van der Waals surface area contributed by atoms with Crippen LogP contribution in [0.25, 0.3) is 0 Å². The van der Waals surface area contributed by atoms with Gasteiger partial charge < -0.3 is 4.74 Å². The minimum absolute atomic E-state index is 0.0787. The number of rotatable bonds is 4. The largest absolute Gasteiger partial charge is 0.497 e. The van der Waals surface area contributed by atoms with Gasteiger partial charge in [0.15, 0.2) is 5.78 Å². The van der Waals surface area contributed by atoms with Crippen LogP contribution in [-0.2, 0) is 11.2 Å². The highest BCUT2D eigenvalue weighted by molar-refractivity contribution is 6.31. The second-order valence-corrected chi connectivity index (χ2v) is 5.66. The summed E-state index contributed by atoms with van der Waals surface area (Å²) in [7, 11) is 1.63. The van der Waals surface area contributed by atoms with Crippen LogP contribution in [0.2, 0.25) is 0 Å². The number of ether oxygens (including phenoxy) is 1. The predicted octanol–water partition coefficient (Wildman–Crippen LogP) is 3.46. The first-order chi connectivity index (χ1) is 7.84. The number of ketones is 1. The molecule has 0 aromatic heterocycles. The molecule has 0 aliphatic carbocycles. The van der Waals surface area contributed by atoms with Crippen LogP contribution in [0.5, 0.6) is 5.75 Å². The van der Waals surface area contributed by atoms with Crippen LogP contribution in [0, 0.1) is 5.41 Å². The molecule has 1 unspecified atom stereocenters. The summed E-state index contributed by atoms with van der Waals surface area (Å²) >= 11 is 6.14. The minimum atomic E-state index is -0.469. The van der Waals surface area contributed by atoms with Crippen molar-refractivity contribution < 1.29 is 9.53 Å². The van der Waals surface area contributed by atoms with Gasteiger partial charge in [0.1, 0.15) is 5.75 Å². The Labute approximate surface area is 108 Å². The maximum atomic E-state index is 11.9. The molecule has 0 saturated heterocycles. The van der Waals surface area contributed by atoms with Gasteiger partial charge in [0.2, 0.25) is 0 Å². The second kappa shape index (κ2) is 5.54. The van der Waals surface area contributed by atoms with Gasteiger partial charge in [0, 0.05) is 5.41 Å². The average molecular weight is 255 g/mol. The molecule has 94 valence electrons. The van der Waals surface area contributed by atoms with E-state index in [4.69, 9.17) is 16.3 Å². The number of hydrogen-bond donors (Lipinski definition) is 0. The van der Waals surface area contributed by atoms with Crippen LogP contribution in [0.15, 0.2) is 24.3 Å². The van der Waals surface area contributed by atoms with E-state index in [0.717, 1.165) is 11.3 Å². The van der Waals surface area contributed by atoms with Crippen LogP contribution in [-0.4, -0.2) is 18.3 Å². The van der Waals surface area contributed by atoms with Gasteiger partial charge in [-0.25, -0.2) is 0 Å². The van der Waals surface area contributed by atoms with E-state index in [0.29, 0.717) is 6.42 Å². The smallest absolute Gasteiger partial charge is 0.156 e. The summed E-state index contributed by atoms with van der Waals surface area (Å²) in [6, 6.07) is 7.62. The van der Waals surface area contributed by atoms with Crippen molar-refractivity contribution in [1.29, 1.82) is 0 Å². The SMILES string of the molecule is COc1ccc(CC(Cl)C(=O)C(C)(C)C)cc1. The van der Waals surface area contributed by atoms with Crippen LogP contribution in [0.4, 0.5) is 0 Å². The molecule has 1 aromatic rings. The monoisotopic (exact) mass is 254 g/mol. The molecule has 0 N–H and O–H groups in total. The van der Waals surface area contributed by atoms with Crippen molar-refractivity contribution >= 4 is 17.4 Å². The van der Waals surface area contributed by atoms with Gasteiger partial charge in [-0.1, -0.05) is 32.9 Å². The van der Waals surface area contributed by atoms with E-state index in [1.807, 2.05) is 45.0 Å². The minimum Gasteiger partial charge on any atom is -0.497 e. The van der Waals surface area contributed by atoms with Gasteiger partial charge in [-0.05, 0) is 24.1 Å². The van der Waals surface area contributed by atoms with Crippen molar-refractivity contribution in [2.24, 2.45) is 5.41 Å². The first-order valence-electron chi connectivity index (χ1n) is 5.66. The zero-order valence-electron chi connectivity index (χ0n) is 10.8. The number of alkyl halides is 1. The van der Waals surface area contributed by atoms with E-state index >= 15 is 0 Å². The molecule has 0 amide bonds. The second-order valence-electron chi connectivity index (χ2n) is 5.13. The molecule has 17 heavy (non-hydrogen) atoms. The van der Waals surface area contributed by atoms with E-state index in [9.17, 15) is 4.79 Å². The Kier molecular flexibility index (Phi) is 4.58. The summed E-state index contributed by atoms with van der Waals surface area (Å²) in [5.41, 5.74) is 0.655. The third-order valence-electron chi connectivity index (χ3n) is 2.60. The lowest BCUT2D eigenvalue weighted by Crippen LogP contribution is -2.30. The Morgan fingerprint density at radius 1 is 1.29 bits per heavy atom. The summed E-state index contributed by atoms with van der Waals surface area (Å²) in [6.07, 6.45) is 0.557. The summed E-state index contributed by atoms with van der Waals surface area (Å²) in [6.45, 7) is 5.66. The third-order valence-corrected chi connectivity index (χ3v) is 2.95. The number of hydrogen-bond acceptors (Lipinski definition) is 2. The van der Waals surface area contributed by atoms with Gasteiger partial charge in [-0.3, -0.25) is 4.79 Å². The van der Waals surface area contributed by atoms with E-state index in [2.05, 4.69) is 0 Å². The summed E-state index contributed by atoms with van der Waals surface area (Å²) in [5, 5.41) is -0.469. The predicted molar refractivity (Wildman–Crippen MR) is 70.8 cm³/mol. The quantitative estimate of drug-likeness (QED) is 0.770. The molecule has 1 atom stereocenters. The Morgan fingerprint density at radius 3 is 2.24 bits per heavy atom. The van der Waals surface area contributed by atoms with Crippen molar-refractivity contribution in [3.05, 3.63) is 29.8 Å². The van der Waals surface area contributed by atoms with Crippen LogP contribution in [0.3, 0.4) is 0 Å². The maximum absolute atomic E-state index is 11.9. The first kappa shape index (κ1) is 14.0. The van der Waals surface area contributed by atoms with Crippen LogP contribution < -0.4 is 4.74 Å². The molecule has 0 radical (unpaired) electrons. The van der Waals surface area contributed by atoms with Gasteiger partial charge in [-0.15, -0.1) is 11.6 Å². The van der Waals surface area contributed by atoms with Crippen molar-refractivity contribution in [3.63, 3.8) is 0 Å². The number of methoxy groups -OCH3 is 1. The first-order valence-corrected chi connectivity index (χ1v) is 6.09. The van der Waals surface area contributed by atoms with Gasteiger partial charge in [0.05, 0.1) is 12.5 Å². The lowest BCUT2D eigenvalue weighted by atomic mass is 9.87. The Morgan fingerprint density at radius 2 is 1.82 bits per heavy atom. The lowest BCUT2D eigenvalue weighted by Gasteiger charge is -2.20. The number of carbonyl (C=O) groups excluding carboxylic acids is 1. The van der Waals surface area contributed by atoms with Crippen molar-refractivity contribution in [2.75, 3.05) is 7.11 Å². The molecule has 0 aliphatic heterocycles. The standard InChI is InChI=1S/C14H19ClO2/c1-14(2,3)13(16)12(15)9-10-5-7-11(17-4)8-6-10/h5-8,12H,9H2,1-4H3. The molecule has 1 rings (SSSR count). The molecule has 0 aliphatic rings. The van der Waals surface area contributed by atoms with Gasteiger partial charge in [0.25, 0.3) is 0 Å². The summed E-state index contributed by atoms with van der Waals surface area (Å²) < 4.78 is 5.08. The highest BCUT2D eigenvalue weighted by Gasteiger charge is 2.28. The molecular weight excluding hydrogens is 236 g/mol. The highest BCUT2D eigenvalue weighted by atomic mass is 35.5. The topological polar surface area (TPSA) is 26.3 Å². The zero-order chi connectivity index (χ0) is 13.1. The molecule has 2 nitrogen and oxygen atoms in total. The lowest BCUT2D eigenvalue weighted by molar-refractivity contribution is -0.125. The molecule has 0 spiro atoms. The van der Waals surface area contributed by atoms with E-state index < -0.39 is 5.38 Å². The molecule has 0 bridgehead atoms. The maximum Gasteiger partial charge on any atom is 0.156 e. The van der Waals surface area contributed by atoms with Crippen molar-refractivity contribution in [1.82, 2.24) is 0 Å². The normalized spacial score (nSPS) is 13.2.